The van der Waals surface area contributed by atoms with Gasteiger partial charge in [-0.3, -0.25) is 4.79 Å². The highest BCUT2D eigenvalue weighted by molar-refractivity contribution is 6.01. The summed E-state index contributed by atoms with van der Waals surface area (Å²) in [7, 11) is 1.48. The van der Waals surface area contributed by atoms with Crippen LogP contribution in [0.1, 0.15) is 37.4 Å². The molecule has 23 heavy (non-hydrogen) atoms. The first-order valence-electron chi connectivity index (χ1n) is 7.35. The minimum absolute atomic E-state index is 0.214. The van der Waals surface area contributed by atoms with Crippen LogP contribution in [0.25, 0.3) is 0 Å². The molecule has 120 valence electrons. The second-order valence-electron chi connectivity index (χ2n) is 5.45. The van der Waals surface area contributed by atoms with Crippen LogP contribution in [0.4, 0.5) is 0 Å². The smallest absolute Gasteiger partial charge is 0.342 e. The van der Waals surface area contributed by atoms with Crippen LogP contribution in [0, 0.1) is 20.8 Å². The number of para-hydroxylation sites is 1. The third kappa shape index (κ3) is 3.77. The first kappa shape index (κ1) is 16.7. The molecule has 0 unspecified atom stereocenters. The molecule has 0 radical (unpaired) electrons. The first-order chi connectivity index (χ1) is 10.9. The summed E-state index contributed by atoms with van der Waals surface area (Å²) < 4.78 is 10.3. The highest BCUT2D eigenvalue weighted by atomic mass is 16.5. The molecule has 4 heteroatoms. The highest BCUT2D eigenvalue weighted by Crippen LogP contribution is 2.19. The van der Waals surface area contributed by atoms with Crippen molar-refractivity contribution in [2.45, 2.75) is 20.8 Å². The van der Waals surface area contributed by atoms with Gasteiger partial charge in [0.15, 0.2) is 6.61 Å². The highest BCUT2D eigenvalue weighted by Gasteiger charge is 2.17. The summed E-state index contributed by atoms with van der Waals surface area (Å²) in [5, 5.41) is 0. The predicted molar refractivity (Wildman–Crippen MR) is 88.3 cm³/mol. The lowest BCUT2D eigenvalue weighted by Crippen LogP contribution is -2.16. The molecule has 0 N–H and O–H groups in total. The van der Waals surface area contributed by atoms with E-state index in [9.17, 15) is 9.59 Å². The van der Waals surface area contributed by atoms with Gasteiger partial charge in [-0.1, -0.05) is 18.2 Å². The van der Waals surface area contributed by atoms with Gasteiger partial charge in [-0.05, 0) is 55.7 Å². The summed E-state index contributed by atoms with van der Waals surface area (Å²) >= 11 is 0. The van der Waals surface area contributed by atoms with Crippen molar-refractivity contribution in [2.24, 2.45) is 0 Å². The number of carbonyl (C=O) groups is 2. The number of carbonyl (C=O) groups excluding carboxylic acids is 2. The average molecular weight is 312 g/mol. The molecule has 0 aliphatic rings. The molecule has 0 saturated carbocycles. The second-order valence-corrected chi connectivity index (χ2v) is 5.45. The number of aryl methyl sites for hydroxylation is 3. The molecule has 0 amide bonds. The molecule has 0 aliphatic heterocycles. The Morgan fingerprint density at radius 2 is 1.57 bits per heavy atom. The number of esters is 1. The number of hydrogen-bond donors (Lipinski definition) is 0. The summed E-state index contributed by atoms with van der Waals surface area (Å²) in [6.45, 7) is 5.53. The lowest BCUT2D eigenvalue weighted by atomic mass is 9.98. The van der Waals surface area contributed by atoms with Gasteiger partial charge in [-0.15, -0.1) is 0 Å². The zero-order valence-electron chi connectivity index (χ0n) is 13.8. The van der Waals surface area contributed by atoms with Crippen LogP contribution in [-0.2, 0) is 4.74 Å². The molecular weight excluding hydrogens is 292 g/mol. The van der Waals surface area contributed by atoms with E-state index in [1.165, 1.54) is 7.11 Å². The summed E-state index contributed by atoms with van der Waals surface area (Å²) in [4.78, 5) is 24.4. The minimum atomic E-state index is -0.572. The number of Topliss-reactive ketones (excluding diaryl/α,β-unsaturated/α-hetero) is 1. The number of benzene rings is 2. The van der Waals surface area contributed by atoms with Gasteiger partial charge < -0.3 is 9.47 Å². The number of rotatable bonds is 5. The van der Waals surface area contributed by atoms with E-state index >= 15 is 0 Å². The fourth-order valence-electron chi connectivity index (χ4n) is 2.36. The third-order valence-electron chi connectivity index (χ3n) is 3.80. The van der Waals surface area contributed by atoms with Crippen molar-refractivity contribution in [3.63, 3.8) is 0 Å². The lowest BCUT2D eigenvalue weighted by molar-refractivity contribution is 0.0471. The molecular formula is C19H20O4. The van der Waals surface area contributed by atoms with Crippen LogP contribution in [-0.4, -0.2) is 25.5 Å². The fraction of sp³-hybridized carbons (Fsp3) is 0.263. The number of ether oxygens (including phenoxy) is 2. The maximum Gasteiger partial charge on any atom is 0.342 e. The van der Waals surface area contributed by atoms with Gasteiger partial charge in [-0.25, -0.2) is 4.79 Å². The van der Waals surface area contributed by atoms with Crippen molar-refractivity contribution >= 4 is 11.8 Å². The Hall–Kier alpha value is -2.62. The van der Waals surface area contributed by atoms with E-state index in [1.54, 1.807) is 24.3 Å². The van der Waals surface area contributed by atoms with Gasteiger partial charge in [-0.2, -0.15) is 0 Å². The SMILES string of the molecule is COc1ccccc1C(=O)OCC(=O)c1cc(C)c(C)cc1C. The van der Waals surface area contributed by atoms with E-state index in [0.29, 0.717) is 16.9 Å². The fourth-order valence-corrected chi connectivity index (χ4v) is 2.36. The summed E-state index contributed by atoms with van der Waals surface area (Å²) in [6.07, 6.45) is 0. The van der Waals surface area contributed by atoms with Crippen LogP contribution < -0.4 is 4.74 Å². The molecule has 0 bridgehead atoms. The topological polar surface area (TPSA) is 52.6 Å². The zero-order valence-corrected chi connectivity index (χ0v) is 13.8. The number of ketones is 1. The molecule has 2 rings (SSSR count). The number of methoxy groups -OCH3 is 1. The number of hydrogen-bond acceptors (Lipinski definition) is 4. The van der Waals surface area contributed by atoms with E-state index in [2.05, 4.69) is 0 Å². The largest absolute Gasteiger partial charge is 0.496 e. The Balaban J connectivity index is 2.10. The molecule has 2 aromatic carbocycles. The minimum Gasteiger partial charge on any atom is -0.496 e. The Labute approximate surface area is 136 Å². The molecule has 0 saturated heterocycles. The standard InChI is InChI=1S/C19H20O4/c1-12-9-14(3)16(10-13(12)2)17(20)11-23-19(21)15-7-5-6-8-18(15)22-4/h5-10H,11H2,1-4H3. The summed E-state index contributed by atoms with van der Waals surface area (Å²) in [5.74, 6) is -0.363. The molecule has 0 atom stereocenters. The van der Waals surface area contributed by atoms with Crippen molar-refractivity contribution in [1.29, 1.82) is 0 Å². The lowest BCUT2D eigenvalue weighted by Gasteiger charge is -2.10. The van der Waals surface area contributed by atoms with Crippen LogP contribution in [0.5, 0.6) is 5.75 Å². The third-order valence-corrected chi connectivity index (χ3v) is 3.80. The quantitative estimate of drug-likeness (QED) is 0.624. The normalized spacial score (nSPS) is 10.3. The average Bonchev–Trinajstić information content (AvgIpc) is 2.55. The second kappa shape index (κ2) is 7.09. The van der Waals surface area contributed by atoms with Gasteiger partial charge in [0.1, 0.15) is 11.3 Å². The van der Waals surface area contributed by atoms with Gasteiger partial charge >= 0.3 is 5.97 Å². The van der Waals surface area contributed by atoms with Crippen LogP contribution >= 0.6 is 0 Å². The van der Waals surface area contributed by atoms with Gasteiger partial charge in [0, 0.05) is 5.56 Å². The van der Waals surface area contributed by atoms with Crippen LogP contribution in [0.3, 0.4) is 0 Å². The molecule has 2 aromatic rings. The maximum atomic E-state index is 12.3. The van der Waals surface area contributed by atoms with E-state index < -0.39 is 5.97 Å². The molecule has 0 aromatic heterocycles. The van der Waals surface area contributed by atoms with Crippen LogP contribution in [0.2, 0.25) is 0 Å². The monoisotopic (exact) mass is 312 g/mol. The van der Waals surface area contributed by atoms with Crippen molar-refractivity contribution in [3.8, 4) is 5.75 Å². The van der Waals surface area contributed by atoms with Gasteiger partial charge in [0.2, 0.25) is 5.78 Å². The summed E-state index contributed by atoms with van der Waals surface area (Å²) in [6, 6.07) is 10.6. The predicted octanol–water partition coefficient (Wildman–Crippen LogP) is 3.66. The first-order valence-corrected chi connectivity index (χ1v) is 7.35. The Bertz CT molecular complexity index is 747. The van der Waals surface area contributed by atoms with Crippen molar-refractivity contribution in [2.75, 3.05) is 13.7 Å². The van der Waals surface area contributed by atoms with Gasteiger partial charge in [0.05, 0.1) is 7.11 Å². The zero-order chi connectivity index (χ0) is 17.0. The van der Waals surface area contributed by atoms with Gasteiger partial charge in [0.25, 0.3) is 0 Å². The molecule has 0 aliphatic carbocycles. The van der Waals surface area contributed by atoms with Crippen molar-refractivity contribution in [1.82, 2.24) is 0 Å². The van der Waals surface area contributed by atoms with Crippen molar-refractivity contribution in [3.05, 3.63) is 64.2 Å². The Morgan fingerprint density at radius 1 is 0.913 bits per heavy atom. The molecule has 0 fully saturated rings. The molecule has 0 heterocycles. The Morgan fingerprint density at radius 3 is 2.26 bits per heavy atom. The van der Waals surface area contributed by atoms with E-state index in [4.69, 9.17) is 9.47 Å². The molecule has 0 spiro atoms. The van der Waals surface area contributed by atoms with E-state index in [-0.39, 0.29) is 12.4 Å². The van der Waals surface area contributed by atoms with E-state index in [1.807, 2.05) is 32.9 Å². The molecule has 4 nitrogen and oxygen atoms in total. The van der Waals surface area contributed by atoms with Crippen LogP contribution in [0.15, 0.2) is 36.4 Å². The van der Waals surface area contributed by atoms with E-state index in [0.717, 1.165) is 16.7 Å². The van der Waals surface area contributed by atoms with Crippen molar-refractivity contribution < 1.29 is 19.1 Å². The summed E-state index contributed by atoms with van der Waals surface area (Å²) in [5.41, 5.74) is 3.94. The Kier molecular flexibility index (Phi) is 5.16. The maximum absolute atomic E-state index is 12.3.